The number of carbonyl (C=O) groups excluding carboxylic acids is 1. The van der Waals surface area contributed by atoms with E-state index in [1.165, 1.54) is 12.5 Å². The number of carbonyl (C=O) groups is 1. The first-order chi connectivity index (χ1) is 9.16. The molecule has 0 amide bonds. The number of Topliss-reactive ketones (excluding diaryl/α,β-unsaturated/α-hetero) is 1. The summed E-state index contributed by atoms with van der Waals surface area (Å²) in [4.78, 5) is 11.3. The van der Waals surface area contributed by atoms with E-state index in [0.717, 1.165) is 18.7 Å². The van der Waals surface area contributed by atoms with E-state index in [2.05, 4.69) is 17.4 Å². The zero-order chi connectivity index (χ0) is 13.7. The largest absolute Gasteiger partial charge is 0.385 e. The Morgan fingerprint density at radius 3 is 2.45 bits per heavy atom. The van der Waals surface area contributed by atoms with Gasteiger partial charge < -0.3 is 5.32 Å². The van der Waals surface area contributed by atoms with E-state index >= 15 is 0 Å². The molecular weight excluding hydrogens is 270 g/mol. The average Bonchev–Trinajstić information content (AvgIpc) is 2.39. The van der Waals surface area contributed by atoms with Gasteiger partial charge in [0, 0.05) is 17.8 Å². The van der Waals surface area contributed by atoms with Gasteiger partial charge in [-0.3, -0.25) is 4.79 Å². The third kappa shape index (κ3) is 4.39. The first-order valence-corrected chi connectivity index (χ1v) is 6.63. The highest BCUT2D eigenvalue weighted by molar-refractivity contribution is 6.34. The van der Waals surface area contributed by atoms with Crippen LogP contribution in [0, 0.1) is 0 Å². The second-order valence-corrected chi connectivity index (χ2v) is 4.82. The molecule has 0 unspecified atom stereocenters. The summed E-state index contributed by atoms with van der Waals surface area (Å²) in [5.41, 5.74) is 2.79. The molecule has 0 aliphatic rings. The average molecular weight is 290 g/mol. The predicted molar refractivity (Wildman–Crippen MR) is 86.8 cm³/mol. The third-order valence-electron chi connectivity index (χ3n) is 2.93. The molecular formula is C17H20ClNO. The molecule has 0 fully saturated rings. The van der Waals surface area contributed by atoms with Gasteiger partial charge in [-0.05, 0) is 37.1 Å². The number of anilines is 1. The van der Waals surface area contributed by atoms with Crippen molar-refractivity contribution in [2.75, 3.05) is 11.9 Å². The van der Waals surface area contributed by atoms with E-state index < -0.39 is 0 Å². The minimum atomic E-state index is -0.0131. The minimum absolute atomic E-state index is 0. The maximum atomic E-state index is 11.3. The summed E-state index contributed by atoms with van der Waals surface area (Å²) < 4.78 is 0. The molecule has 0 aromatic heterocycles. The van der Waals surface area contributed by atoms with Crippen molar-refractivity contribution < 1.29 is 4.79 Å². The highest BCUT2D eigenvalue weighted by Crippen LogP contribution is 2.21. The monoisotopic (exact) mass is 289 g/mol. The molecule has 0 saturated carbocycles. The molecule has 2 nitrogen and oxygen atoms in total. The quantitative estimate of drug-likeness (QED) is 0.799. The highest BCUT2D eigenvalue weighted by Gasteiger charge is 2.05. The van der Waals surface area contributed by atoms with Crippen molar-refractivity contribution >= 4 is 23.1 Å². The fourth-order valence-electron chi connectivity index (χ4n) is 1.91. The van der Waals surface area contributed by atoms with Gasteiger partial charge in [0.25, 0.3) is 0 Å². The van der Waals surface area contributed by atoms with Gasteiger partial charge in [-0.1, -0.05) is 49.4 Å². The second-order valence-electron chi connectivity index (χ2n) is 4.41. The van der Waals surface area contributed by atoms with Gasteiger partial charge in [0.2, 0.25) is 0 Å². The fourth-order valence-corrected chi connectivity index (χ4v) is 2.22. The van der Waals surface area contributed by atoms with E-state index in [1.807, 2.05) is 24.3 Å². The number of ketones is 1. The van der Waals surface area contributed by atoms with Crippen LogP contribution in [0.5, 0.6) is 0 Å². The summed E-state index contributed by atoms with van der Waals surface area (Å²) in [6.45, 7) is 2.35. The smallest absolute Gasteiger partial charge is 0.161 e. The third-order valence-corrected chi connectivity index (χ3v) is 3.25. The number of halogens is 1. The van der Waals surface area contributed by atoms with Crippen molar-refractivity contribution in [3.05, 3.63) is 64.7 Å². The lowest BCUT2D eigenvalue weighted by atomic mass is 10.1. The highest BCUT2D eigenvalue weighted by atomic mass is 35.5. The van der Waals surface area contributed by atoms with Crippen molar-refractivity contribution in [1.82, 2.24) is 0 Å². The normalized spacial score (nSPS) is 9.70. The molecule has 0 spiro atoms. The van der Waals surface area contributed by atoms with Crippen molar-refractivity contribution in [3.8, 4) is 0 Å². The molecule has 0 atom stereocenters. The van der Waals surface area contributed by atoms with Crippen LogP contribution < -0.4 is 5.32 Å². The van der Waals surface area contributed by atoms with Crippen molar-refractivity contribution in [2.45, 2.75) is 20.8 Å². The number of nitrogens with one attached hydrogen (secondary N) is 1. The van der Waals surface area contributed by atoms with Gasteiger partial charge in [0.1, 0.15) is 0 Å². The molecule has 0 aliphatic carbocycles. The van der Waals surface area contributed by atoms with Gasteiger partial charge in [-0.2, -0.15) is 0 Å². The summed E-state index contributed by atoms with van der Waals surface area (Å²) in [6.07, 6.45) is 0.951. The van der Waals surface area contributed by atoms with Gasteiger partial charge in [-0.15, -0.1) is 0 Å². The topological polar surface area (TPSA) is 29.1 Å². The van der Waals surface area contributed by atoms with Gasteiger partial charge in [0.05, 0.1) is 5.02 Å². The molecule has 0 heterocycles. The zero-order valence-electron chi connectivity index (χ0n) is 10.8. The molecule has 0 aliphatic heterocycles. The maximum absolute atomic E-state index is 11.3. The zero-order valence-corrected chi connectivity index (χ0v) is 11.6. The lowest BCUT2D eigenvalue weighted by Gasteiger charge is -2.08. The van der Waals surface area contributed by atoms with Crippen LogP contribution >= 0.6 is 11.6 Å². The Kier molecular flexibility index (Phi) is 6.26. The summed E-state index contributed by atoms with van der Waals surface area (Å²) >= 11 is 6.06. The molecule has 20 heavy (non-hydrogen) atoms. The van der Waals surface area contributed by atoms with Gasteiger partial charge in [-0.25, -0.2) is 0 Å². The number of hydrogen-bond acceptors (Lipinski definition) is 2. The molecule has 0 saturated heterocycles. The van der Waals surface area contributed by atoms with E-state index in [-0.39, 0.29) is 13.2 Å². The SMILES string of the molecule is C.CC(=O)c1ccc(NCCc2ccccc2)cc1Cl. The molecule has 106 valence electrons. The van der Waals surface area contributed by atoms with Gasteiger partial charge >= 0.3 is 0 Å². The Labute approximate surface area is 125 Å². The number of hydrogen-bond donors (Lipinski definition) is 1. The van der Waals surface area contributed by atoms with Gasteiger partial charge in [0.15, 0.2) is 5.78 Å². The Morgan fingerprint density at radius 2 is 1.85 bits per heavy atom. The summed E-state index contributed by atoms with van der Waals surface area (Å²) in [6, 6.07) is 15.7. The summed E-state index contributed by atoms with van der Waals surface area (Å²) in [7, 11) is 0. The summed E-state index contributed by atoms with van der Waals surface area (Å²) in [5.74, 6) is -0.0131. The molecule has 2 aromatic rings. The van der Waals surface area contributed by atoms with Crippen LogP contribution in [0.2, 0.25) is 5.02 Å². The lowest BCUT2D eigenvalue weighted by Crippen LogP contribution is -2.05. The first kappa shape index (κ1) is 16.3. The Morgan fingerprint density at radius 1 is 1.15 bits per heavy atom. The van der Waals surface area contributed by atoms with Crippen LogP contribution in [-0.4, -0.2) is 12.3 Å². The van der Waals surface area contributed by atoms with Crippen molar-refractivity contribution in [3.63, 3.8) is 0 Å². The maximum Gasteiger partial charge on any atom is 0.161 e. The van der Waals surface area contributed by atoms with Crippen molar-refractivity contribution in [1.29, 1.82) is 0 Å². The molecule has 3 heteroatoms. The number of rotatable bonds is 5. The predicted octanol–water partition coefficient (Wildman–Crippen LogP) is 4.83. The Hall–Kier alpha value is -1.80. The van der Waals surface area contributed by atoms with Crippen molar-refractivity contribution in [2.24, 2.45) is 0 Å². The van der Waals surface area contributed by atoms with Crippen LogP contribution in [-0.2, 0) is 6.42 Å². The molecule has 2 rings (SSSR count). The van der Waals surface area contributed by atoms with E-state index in [4.69, 9.17) is 11.6 Å². The second kappa shape index (κ2) is 7.71. The van der Waals surface area contributed by atoms with Crippen LogP contribution in [0.1, 0.15) is 30.3 Å². The van der Waals surface area contributed by atoms with Crippen LogP contribution in [0.25, 0.3) is 0 Å². The van der Waals surface area contributed by atoms with E-state index in [1.54, 1.807) is 12.1 Å². The van der Waals surface area contributed by atoms with E-state index in [0.29, 0.717) is 10.6 Å². The summed E-state index contributed by atoms with van der Waals surface area (Å²) in [5, 5.41) is 3.80. The first-order valence-electron chi connectivity index (χ1n) is 6.25. The number of benzene rings is 2. The Bertz CT molecular complexity index is 566. The van der Waals surface area contributed by atoms with E-state index in [9.17, 15) is 4.79 Å². The standard InChI is InChI=1S/C16H16ClNO.CH4/c1-12(19)15-8-7-14(11-16(15)17)18-10-9-13-5-3-2-4-6-13;/h2-8,11,18H,9-10H2,1H3;1H4. The van der Waals surface area contributed by atoms with Crippen LogP contribution in [0.4, 0.5) is 5.69 Å². The minimum Gasteiger partial charge on any atom is -0.385 e. The van der Waals surface area contributed by atoms with Crippen LogP contribution in [0.3, 0.4) is 0 Å². The fraction of sp³-hybridized carbons (Fsp3) is 0.235. The molecule has 0 radical (unpaired) electrons. The molecule has 1 N–H and O–H groups in total. The lowest BCUT2D eigenvalue weighted by molar-refractivity contribution is 0.101. The van der Waals surface area contributed by atoms with Crippen LogP contribution in [0.15, 0.2) is 48.5 Å². The molecule has 0 bridgehead atoms. The molecule has 2 aromatic carbocycles. The Balaban J connectivity index is 0.00000200.